The lowest BCUT2D eigenvalue weighted by molar-refractivity contribution is 0.411. The van der Waals surface area contributed by atoms with E-state index >= 15 is 0 Å². The minimum absolute atomic E-state index is 0.221. The van der Waals surface area contributed by atoms with Gasteiger partial charge in [0.1, 0.15) is 0 Å². The maximum absolute atomic E-state index is 6.23. The zero-order chi connectivity index (χ0) is 13.1. The Labute approximate surface area is 111 Å². The predicted octanol–water partition coefficient (Wildman–Crippen LogP) is 3.20. The number of hydrogen-bond acceptors (Lipinski definition) is 2. The Morgan fingerprint density at radius 1 is 1.22 bits per heavy atom. The lowest BCUT2D eigenvalue weighted by Crippen LogP contribution is -2.49. The average Bonchev–Trinajstić information content (AvgIpc) is 2.35. The van der Waals surface area contributed by atoms with E-state index in [9.17, 15) is 0 Å². The number of anilines is 1. The second kappa shape index (κ2) is 5.75. The van der Waals surface area contributed by atoms with Crippen molar-refractivity contribution in [3.63, 3.8) is 0 Å². The van der Waals surface area contributed by atoms with Crippen LogP contribution in [0.4, 0.5) is 5.69 Å². The number of fused-ring (bicyclic) bond motifs is 1. The van der Waals surface area contributed by atoms with Crippen LogP contribution in [0.15, 0.2) is 24.3 Å². The van der Waals surface area contributed by atoms with Crippen molar-refractivity contribution in [1.82, 2.24) is 0 Å². The molecule has 2 heteroatoms. The molecule has 0 unspecified atom stereocenters. The first-order valence-electron chi connectivity index (χ1n) is 7.19. The van der Waals surface area contributed by atoms with E-state index in [0.717, 1.165) is 6.54 Å². The standard InChI is InChI=1S/C16H26N2/c1-12(2)11-16(13(3)17)18-10-6-8-14-7-4-5-9-15(14)18/h4-5,7,9,12-13,16H,6,8,10-11,17H2,1-3H3/t13-,16-/m1/s1. The zero-order valence-corrected chi connectivity index (χ0v) is 11.9. The first kappa shape index (κ1) is 13.4. The molecule has 2 rings (SSSR count). The minimum atomic E-state index is 0.221. The molecular formula is C16H26N2. The number of rotatable bonds is 4. The van der Waals surface area contributed by atoms with E-state index in [4.69, 9.17) is 5.73 Å². The molecule has 0 saturated carbocycles. The number of nitrogens with two attached hydrogens (primary N) is 1. The lowest BCUT2D eigenvalue weighted by Gasteiger charge is -2.40. The van der Waals surface area contributed by atoms with Gasteiger partial charge in [-0.1, -0.05) is 32.0 Å². The summed E-state index contributed by atoms with van der Waals surface area (Å²) in [6.07, 6.45) is 3.63. The summed E-state index contributed by atoms with van der Waals surface area (Å²) in [6.45, 7) is 7.86. The number of aryl methyl sites for hydroxylation is 1. The molecule has 18 heavy (non-hydrogen) atoms. The molecule has 0 fully saturated rings. The van der Waals surface area contributed by atoms with Gasteiger partial charge in [0.15, 0.2) is 0 Å². The van der Waals surface area contributed by atoms with Crippen LogP contribution >= 0.6 is 0 Å². The fraction of sp³-hybridized carbons (Fsp3) is 0.625. The van der Waals surface area contributed by atoms with Crippen LogP contribution in [0, 0.1) is 5.92 Å². The molecule has 1 heterocycles. The molecule has 0 saturated heterocycles. The zero-order valence-electron chi connectivity index (χ0n) is 11.9. The molecule has 0 bridgehead atoms. The molecule has 0 radical (unpaired) electrons. The van der Waals surface area contributed by atoms with Crippen LogP contribution in [-0.2, 0) is 6.42 Å². The number of benzene rings is 1. The maximum atomic E-state index is 6.23. The Hall–Kier alpha value is -1.02. The van der Waals surface area contributed by atoms with Gasteiger partial charge in [-0.3, -0.25) is 0 Å². The molecule has 0 aliphatic carbocycles. The van der Waals surface area contributed by atoms with Gasteiger partial charge in [0.2, 0.25) is 0 Å². The van der Waals surface area contributed by atoms with Crippen molar-refractivity contribution >= 4 is 5.69 Å². The fourth-order valence-corrected chi connectivity index (χ4v) is 3.02. The maximum Gasteiger partial charge on any atom is 0.0440 e. The minimum Gasteiger partial charge on any atom is -0.367 e. The van der Waals surface area contributed by atoms with Crippen LogP contribution in [0.25, 0.3) is 0 Å². The highest BCUT2D eigenvalue weighted by atomic mass is 15.2. The summed E-state index contributed by atoms with van der Waals surface area (Å²) in [5.74, 6) is 0.690. The average molecular weight is 246 g/mol. The van der Waals surface area contributed by atoms with Crippen molar-refractivity contribution in [2.24, 2.45) is 11.7 Å². The highest BCUT2D eigenvalue weighted by Crippen LogP contribution is 2.30. The van der Waals surface area contributed by atoms with Crippen LogP contribution < -0.4 is 10.6 Å². The first-order chi connectivity index (χ1) is 8.59. The second-order valence-electron chi connectivity index (χ2n) is 5.98. The van der Waals surface area contributed by atoms with Crippen LogP contribution in [0.3, 0.4) is 0 Å². The van der Waals surface area contributed by atoms with Crippen molar-refractivity contribution in [2.45, 2.75) is 52.1 Å². The third-order valence-electron chi connectivity index (χ3n) is 3.87. The van der Waals surface area contributed by atoms with Gasteiger partial charge in [0, 0.05) is 24.3 Å². The third-order valence-corrected chi connectivity index (χ3v) is 3.87. The van der Waals surface area contributed by atoms with Crippen molar-refractivity contribution < 1.29 is 0 Å². The Kier molecular flexibility index (Phi) is 4.28. The number of hydrogen-bond donors (Lipinski definition) is 1. The Balaban J connectivity index is 2.26. The van der Waals surface area contributed by atoms with E-state index in [1.165, 1.54) is 30.5 Å². The normalized spacial score (nSPS) is 18.6. The van der Waals surface area contributed by atoms with Crippen molar-refractivity contribution in [3.8, 4) is 0 Å². The largest absolute Gasteiger partial charge is 0.367 e. The van der Waals surface area contributed by atoms with Crippen LogP contribution in [0.1, 0.15) is 39.2 Å². The van der Waals surface area contributed by atoms with E-state index in [1.54, 1.807) is 0 Å². The number of nitrogens with zero attached hydrogens (tertiary/aromatic N) is 1. The SMILES string of the molecule is CC(C)C[C@H]([C@@H](C)N)N1CCCc2ccccc21. The van der Waals surface area contributed by atoms with E-state index < -0.39 is 0 Å². The van der Waals surface area contributed by atoms with Crippen molar-refractivity contribution in [1.29, 1.82) is 0 Å². The Morgan fingerprint density at radius 3 is 2.61 bits per heavy atom. The van der Waals surface area contributed by atoms with Crippen LogP contribution in [0.5, 0.6) is 0 Å². The van der Waals surface area contributed by atoms with Gasteiger partial charge in [-0.05, 0) is 43.7 Å². The smallest absolute Gasteiger partial charge is 0.0440 e. The van der Waals surface area contributed by atoms with E-state index in [1.807, 2.05) is 0 Å². The predicted molar refractivity (Wildman–Crippen MR) is 79.0 cm³/mol. The molecule has 1 aliphatic heterocycles. The molecule has 2 atom stereocenters. The van der Waals surface area contributed by atoms with E-state index in [0.29, 0.717) is 12.0 Å². The summed E-state index contributed by atoms with van der Waals surface area (Å²) >= 11 is 0. The summed E-state index contributed by atoms with van der Waals surface area (Å²) < 4.78 is 0. The Bertz CT molecular complexity index is 384. The van der Waals surface area contributed by atoms with Gasteiger partial charge in [-0.2, -0.15) is 0 Å². The monoisotopic (exact) mass is 246 g/mol. The van der Waals surface area contributed by atoms with Gasteiger partial charge < -0.3 is 10.6 Å². The molecule has 0 aromatic heterocycles. The third kappa shape index (κ3) is 2.86. The fourth-order valence-electron chi connectivity index (χ4n) is 3.02. The van der Waals surface area contributed by atoms with Gasteiger partial charge in [-0.15, -0.1) is 0 Å². The lowest BCUT2D eigenvalue weighted by atomic mass is 9.93. The van der Waals surface area contributed by atoms with Crippen molar-refractivity contribution in [3.05, 3.63) is 29.8 Å². The highest BCUT2D eigenvalue weighted by molar-refractivity contribution is 5.56. The topological polar surface area (TPSA) is 29.3 Å². The molecular weight excluding hydrogens is 220 g/mol. The van der Waals surface area contributed by atoms with Gasteiger partial charge >= 0.3 is 0 Å². The highest BCUT2D eigenvalue weighted by Gasteiger charge is 2.26. The van der Waals surface area contributed by atoms with Crippen LogP contribution in [-0.4, -0.2) is 18.6 Å². The summed E-state index contributed by atoms with van der Waals surface area (Å²) in [4.78, 5) is 2.55. The van der Waals surface area contributed by atoms with E-state index in [2.05, 4.69) is 49.9 Å². The molecule has 2 N–H and O–H groups in total. The quantitative estimate of drug-likeness (QED) is 0.884. The number of para-hydroxylation sites is 1. The molecule has 1 aromatic carbocycles. The summed E-state index contributed by atoms with van der Waals surface area (Å²) in [5, 5.41) is 0. The molecule has 0 amide bonds. The molecule has 1 aliphatic rings. The van der Waals surface area contributed by atoms with Gasteiger partial charge in [-0.25, -0.2) is 0 Å². The summed E-state index contributed by atoms with van der Waals surface area (Å²) in [7, 11) is 0. The van der Waals surface area contributed by atoms with Gasteiger partial charge in [0.05, 0.1) is 0 Å². The molecule has 0 spiro atoms. The Morgan fingerprint density at radius 2 is 1.94 bits per heavy atom. The molecule has 100 valence electrons. The van der Waals surface area contributed by atoms with E-state index in [-0.39, 0.29) is 6.04 Å². The summed E-state index contributed by atoms with van der Waals surface area (Å²) in [6, 6.07) is 9.49. The summed E-state index contributed by atoms with van der Waals surface area (Å²) in [5.41, 5.74) is 9.12. The second-order valence-corrected chi connectivity index (χ2v) is 5.98. The van der Waals surface area contributed by atoms with Gasteiger partial charge in [0.25, 0.3) is 0 Å². The van der Waals surface area contributed by atoms with Crippen LogP contribution in [0.2, 0.25) is 0 Å². The molecule has 1 aromatic rings. The molecule has 2 nitrogen and oxygen atoms in total. The van der Waals surface area contributed by atoms with Crippen molar-refractivity contribution in [2.75, 3.05) is 11.4 Å². The first-order valence-corrected chi connectivity index (χ1v) is 7.19.